The molecule has 1 aliphatic rings. The van der Waals surface area contributed by atoms with E-state index < -0.39 is 10.0 Å². The first-order valence-corrected chi connectivity index (χ1v) is 9.59. The molecule has 1 fully saturated rings. The van der Waals surface area contributed by atoms with Crippen LogP contribution in [0, 0.1) is 0 Å². The summed E-state index contributed by atoms with van der Waals surface area (Å²) in [4.78, 5) is 4.43. The predicted molar refractivity (Wildman–Crippen MR) is 106 cm³/mol. The van der Waals surface area contributed by atoms with Crippen molar-refractivity contribution >= 4 is 45.6 Å². The molecule has 0 saturated carbocycles. The molecule has 0 amide bonds. The Labute approximate surface area is 162 Å². The Kier molecular flexibility index (Phi) is 8.57. The van der Waals surface area contributed by atoms with Gasteiger partial charge in [0.2, 0.25) is 10.0 Å². The summed E-state index contributed by atoms with van der Waals surface area (Å²) in [7, 11) is -3.49. The second-order valence-electron chi connectivity index (χ2n) is 6.11. The average Bonchev–Trinajstić information content (AvgIpc) is 2.66. The minimum absolute atomic E-state index is 0. The third-order valence-electron chi connectivity index (χ3n) is 4.38. The van der Waals surface area contributed by atoms with Gasteiger partial charge in [0.05, 0.1) is 4.90 Å². The SMILES string of the molecule is C[C@@H]1CNCCCCCN1S(=O)(=O)c1ccc2cnccc2c1.Cl.Cl. The molecule has 3 rings (SSSR count). The standard InChI is InChI=1S/C17H23N3O2S.2ClH/c1-14-12-18-8-3-2-4-10-20(14)23(21,22)17-6-5-16-13-19-9-7-15(16)11-17;;/h5-7,9,11,13-14,18H,2-4,8,10,12H2,1H3;2*1H/t14-;;/m1../s1. The lowest BCUT2D eigenvalue weighted by Crippen LogP contribution is -2.44. The maximum atomic E-state index is 13.1. The Morgan fingerprint density at radius 1 is 1.12 bits per heavy atom. The van der Waals surface area contributed by atoms with E-state index in [1.54, 1.807) is 28.8 Å². The molecule has 0 bridgehead atoms. The smallest absolute Gasteiger partial charge is 0.243 e. The number of halogens is 2. The number of nitrogens with zero attached hydrogens (tertiary/aromatic N) is 2. The van der Waals surface area contributed by atoms with Crippen LogP contribution in [0.5, 0.6) is 0 Å². The van der Waals surface area contributed by atoms with Gasteiger partial charge in [-0.05, 0) is 49.9 Å². The molecule has 5 nitrogen and oxygen atoms in total. The lowest BCUT2D eigenvalue weighted by Gasteiger charge is -2.28. The van der Waals surface area contributed by atoms with Crippen molar-refractivity contribution in [2.24, 2.45) is 0 Å². The molecule has 2 heterocycles. The zero-order valence-electron chi connectivity index (χ0n) is 14.2. The lowest BCUT2D eigenvalue weighted by atomic mass is 10.2. The number of fused-ring (bicyclic) bond motifs is 1. The van der Waals surface area contributed by atoms with Gasteiger partial charge in [0.1, 0.15) is 0 Å². The van der Waals surface area contributed by atoms with E-state index in [1.165, 1.54) is 0 Å². The van der Waals surface area contributed by atoms with Crippen molar-refractivity contribution in [3.8, 4) is 0 Å². The van der Waals surface area contributed by atoms with Crippen LogP contribution in [0.1, 0.15) is 26.2 Å². The maximum absolute atomic E-state index is 13.1. The lowest BCUT2D eigenvalue weighted by molar-refractivity contribution is 0.330. The van der Waals surface area contributed by atoms with Gasteiger partial charge < -0.3 is 5.32 Å². The quantitative estimate of drug-likeness (QED) is 0.832. The van der Waals surface area contributed by atoms with Gasteiger partial charge in [0.15, 0.2) is 0 Å². The highest BCUT2D eigenvalue weighted by atomic mass is 35.5. The molecule has 0 spiro atoms. The predicted octanol–water partition coefficient (Wildman–Crippen LogP) is 3.23. The van der Waals surface area contributed by atoms with E-state index in [1.807, 2.05) is 19.1 Å². The van der Waals surface area contributed by atoms with Crippen LogP contribution in [0.2, 0.25) is 0 Å². The number of pyridine rings is 1. The number of rotatable bonds is 2. The summed E-state index contributed by atoms with van der Waals surface area (Å²) in [5.41, 5.74) is 0. The summed E-state index contributed by atoms with van der Waals surface area (Å²) < 4.78 is 27.8. The van der Waals surface area contributed by atoms with E-state index in [9.17, 15) is 8.42 Å². The molecule has 25 heavy (non-hydrogen) atoms. The Balaban J connectivity index is 0.00000156. The maximum Gasteiger partial charge on any atom is 0.243 e. The Morgan fingerprint density at radius 3 is 2.72 bits per heavy atom. The average molecular weight is 406 g/mol. The van der Waals surface area contributed by atoms with Gasteiger partial charge in [-0.1, -0.05) is 12.5 Å². The van der Waals surface area contributed by atoms with Crippen molar-refractivity contribution in [3.05, 3.63) is 36.7 Å². The number of aromatic nitrogens is 1. The molecule has 1 aromatic heterocycles. The Morgan fingerprint density at radius 2 is 1.92 bits per heavy atom. The third kappa shape index (κ3) is 5.05. The van der Waals surface area contributed by atoms with Crippen molar-refractivity contribution in [1.29, 1.82) is 0 Å². The zero-order valence-corrected chi connectivity index (χ0v) is 16.7. The Bertz CT molecular complexity index is 786. The van der Waals surface area contributed by atoms with Crippen LogP contribution in [0.4, 0.5) is 0 Å². The molecule has 2 aromatic rings. The Hall–Kier alpha value is -0.920. The summed E-state index contributed by atoms with van der Waals surface area (Å²) in [6.45, 7) is 4.21. The minimum atomic E-state index is -3.49. The second-order valence-corrected chi connectivity index (χ2v) is 8.00. The van der Waals surface area contributed by atoms with Crippen molar-refractivity contribution in [2.45, 2.75) is 37.1 Å². The molecular formula is C17H25Cl2N3O2S. The van der Waals surface area contributed by atoms with Crippen LogP contribution in [0.3, 0.4) is 0 Å². The molecular weight excluding hydrogens is 381 g/mol. The van der Waals surface area contributed by atoms with E-state index in [0.29, 0.717) is 18.0 Å². The number of nitrogens with one attached hydrogen (secondary N) is 1. The van der Waals surface area contributed by atoms with Crippen molar-refractivity contribution in [3.63, 3.8) is 0 Å². The first kappa shape index (κ1) is 22.1. The highest BCUT2D eigenvalue weighted by molar-refractivity contribution is 7.89. The fraction of sp³-hybridized carbons (Fsp3) is 0.471. The van der Waals surface area contributed by atoms with Gasteiger partial charge >= 0.3 is 0 Å². The van der Waals surface area contributed by atoms with E-state index >= 15 is 0 Å². The fourth-order valence-electron chi connectivity index (χ4n) is 3.04. The van der Waals surface area contributed by atoms with Crippen LogP contribution >= 0.6 is 24.8 Å². The molecule has 1 N–H and O–H groups in total. The van der Waals surface area contributed by atoms with Gasteiger partial charge in [-0.3, -0.25) is 4.98 Å². The van der Waals surface area contributed by atoms with E-state index in [4.69, 9.17) is 0 Å². The molecule has 8 heteroatoms. The molecule has 0 aliphatic carbocycles. The van der Waals surface area contributed by atoms with Crippen LogP contribution in [-0.4, -0.2) is 43.4 Å². The minimum Gasteiger partial charge on any atom is -0.315 e. The van der Waals surface area contributed by atoms with Gasteiger partial charge in [-0.25, -0.2) is 8.42 Å². The molecule has 1 aromatic carbocycles. The summed E-state index contributed by atoms with van der Waals surface area (Å²) in [5.74, 6) is 0. The zero-order chi connectivity index (χ0) is 16.3. The number of hydrogen-bond acceptors (Lipinski definition) is 4. The second kappa shape index (κ2) is 9.69. The van der Waals surface area contributed by atoms with E-state index in [-0.39, 0.29) is 30.9 Å². The number of sulfonamides is 1. The monoisotopic (exact) mass is 405 g/mol. The van der Waals surface area contributed by atoms with Crippen LogP contribution < -0.4 is 5.32 Å². The molecule has 0 radical (unpaired) electrons. The molecule has 1 aliphatic heterocycles. The third-order valence-corrected chi connectivity index (χ3v) is 6.39. The van der Waals surface area contributed by atoms with Crippen molar-refractivity contribution < 1.29 is 8.42 Å². The van der Waals surface area contributed by atoms with Gasteiger partial charge in [0, 0.05) is 36.9 Å². The summed E-state index contributed by atoms with van der Waals surface area (Å²) >= 11 is 0. The van der Waals surface area contributed by atoms with Gasteiger partial charge in [-0.15, -0.1) is 24.8 Å². The molecule has 1 saturated heterocycles. The first-order valence-electron chi connectivity index (χ1n) is 8.15. The topological polar surface area (TPSA) is 62.3 Å². The molecule has 140 valence electrons. The summed E-state index contributed by atoms with van der Waals surface area (Å²) in [6, 6.07) is 7.06. The molecule has 1 atom stereocenters. The van der Waals surface area contributed by atoms with Gasteiger partial charge in [-0.2, -0.15) is 4.31 Å². The van der Waals surface area contributed by atoms with Crippen molar-refractivity contribution in [2.75, 3.05) is 19.6 Å². The van der Waals surface area contributed by atoms with Gasteiger partial charge in [0.25, 0.3) is 0 Å². The normalized spacial score (nSPS) is 19.8. The van der Waals surface area contributed by atoms with Crippen LogP contribution in [0.25, 0.3) is 10.8 Å². The van der Waals surface area contributed by atoms with Crippen molar-refractivity contribution in [1.82, 2.24) is 14.6 Å². The van der Waals surface area contributed by atoms with Crippen LogP contribution in [-0.2, 0) is 10.0 Å². The van der Waals surface area contributed by atoms with E-state index in [2.05, 4.69) is 10.3 Å². The highest BCUT2D eigenvalue weighted by Crippen LogP contribution is 2.23. The number of hydrogen-bond donors (Lipinski definition) is 1. The molecule has 0 unspecified atom stereocenters. The van der Waals surface area contributed by atoms with Crippen LogP contribution in [0.15, 0.2) is 41.6 Å². The first-order chi connectivity index (χ1) is 11.1. The summed E-state index contributed by atoms with van der Waals surface area (Å²) in [6.07, 6.45) is 6.49. The summed E-state index contributed by atoms with van der Waals surface area (Å²) in [5, 5.41) is 5.19. The fourth-order valence-corrected chi connectivity index (χ4v) is 4.75. The highest BCUT2D eigenvalue weighted by Gasteiger charge is 2.29. The van der Waals surface area contributed by atoms with E-state index in [0.717, 1.165) is 36.6 Å². The number of benzene rings is 1. The largest absolute Gasteiger partial charge is 0.315 e.